The van der Waals surface area contributed by atoms with E-state index >= 15 is 0 Å². The van der Waals surface area contributed by atoms with Crippen LogP contribution in [0.1, 0.15) is 0 Å². The van der Waals surface area contributed by atoms with Crippen LogP contribution in [0.4, 0.5) is 10.8 Å². The molecule has 3 aromatic rings. The molecule has 1 amide bonds. The van der Waals surface area contributed by atoms with Gasteiger partial charge in [0.2, 0.25) is 21.1 Å². The van der Waals surface area contributed by atoms with E-state index in [1.165, 1.54) is 24.5 Å². The normalized spacial score (nSPS) is 11.1. The van der Waals surface area contributed by atoms with Gasteiger partial charge >= 0.3 is 0 Å². The number of rotatable bonds is 7. The van der Waals surface area contributed by atoms with Crippen LogP contribution in [0.25, 0.3) is 10.6 Å². The molecule has 8 nitrogen and oxygen atoms in total. The molecule has 0 saturated carbocycles. The Morgan fingerprint density at radius 3 is 2.59 bits per heavy atom. The summed E-state index contributed by atoms with van der Waals surface area (Å²) in [6.45, 7) is -0.415. The number of hydrogen-bond donors (Lipinski definition) is 1. The van der Waals surface area contributed by atoms with Crippen molar-refractivity contribution in [1.82, 2.24) is 10.2 Å². The SMILES string of the molecule is COc1cccc(N(CC(=O)Nc2nnc(-c3ccc(Cl)cc3)s2)S(C)(=O)=O)c1. The van der Waals surface area contributed by atoms with Gasteiger partial charge in [-0.2, -0.15) is 0 Å². The van der Waals surface area contributed by atoms with E-state index < -0.39 is 22.5 Å². The average molecular weight is 453 g/mol. The van der Waals surface area contributed by atoms with Crippen LogP contribution in [-0.4, -0.2) is 44.4 Å². The van der Waals surface area contributed by atoms with Crippen LogP contribution < -0.4 is 14.4 Å². The molecule has 29 heavy (non-hydrogen) atoms. The first-order valence-corrected chi connectivity index (χ1v) is 11.3. The van der Waals surface area contributed by atoms with Crippen LogP contribution in [0, 0.1) is 0 Å². The summed E-state index contributed by atoms with van der Waals surface area (Å²) < 4.78 is 30.5. The maximum Gasteiger partial charge on any atom is 0.246 e. The number of nitrogens with zero attached hydrogens (tertiary/aromatic N) is 3. The first-order chi connectivity index (χ1) is 13.8. The summed E-state index contributed by atoms with van der Waals surface area (Å²) in [4.78, 5) is 12.5. The Bertz CT molecular complexity index is 1120. The van der Waals surface area contributed by atoms with Crippen LogP contribution in [0.2, 0.25) is 5.02 Å². The largest absolute Gasteiger partial charge is 0.497 e. The summed E-state index contributed by atoms with van der Waals surface area (Å²) in [6.07, 6.45) is 1.03. The number of carbonyl (C=O) groups excluding carboxylic acids is 1. The van der Waals surface area contributed by atoms with Crippen LogP contribution in [-0.2, 0) is 14.8 Å². The molecule has 1 aromatic heterocycles. The number of sulfonamides is 1. The molecular formula is C18H17ClN4O4S2. The molecule has 0 unspecified atom stereocenters. The topological polar surface area (TPSA) is 101 Å². The van der Waals surface area contributed by atoms with Gasteiger partial charge in [-0.05, 0) is 24.3 Å². The summed E-state index contributed by atoms with van der Waals surface area (Å²) in [7, 11) is -2.22. The second-order valence-corrected chi connectivity index (χ2v) is 9.26. The lowest BCUT2D eigenvalue weighted by Crippen LogP contribution is -2.37. The zero-order valence-electron chi connectivity index (χ0n) is 15.5. The van der Waals surface area contributed by atoms with Crippen molar-refractivity contribution in [3.05, 3.63) is 53.6 Å². The molecule has 0 aliphatic heterocycles. The van der Waals surface area contributed by atoms with Crippen molar-refractivity contribution in [2.45, 2.75) is 0 Å². The monoisotopic (exact) mass is 452 g/mol. The Kier molecular flexibility index (Phi) is 6.36. The molecule has 0 spiro atoms. The molecule has 0 bridgehead atoms. The van der Waals surface area contributed by atoms with Crippen molar-refractivity contribution in [2.24, 2.45) is 0 Å². The minimum absolute atomic E-state index is 0.263. The zero-order valence-corrected chi connectivity index (χ0v) is 17.9. The Morgan fingerprint density at radius 1 is 1.21 bits per heavy atom. The second-order valence-electron chi connectivity index (χ2n) is 5.94. The highest BCUT2D eigenvalue weighted by Gasteiger charge is 2.22. The predicted octanol–water partition coefficient (Wildman–Crippen LogP) is 3.27. The second kappa shape index (κ2) is 8.76. The average Bonchev–Trinajstić information content (AvgIpc) is 3.14. The number of aromatic nitrogens is 2. The summed E-state index contributed by atoms with van der Waals surface area (Å²) in [5.41, 5.74) is 1.13. The molecule has 0 saturated heterocycles. The Labute approximate surface area is 177 Å². The zero-order chi connectivity index (χ0) is 21.0. The fourth-order valence-electron chi connectivity index (χ4n) is 2.44. The Hall–Kier alpha value is -2.69. The van der Waals surface area contributed by atoms with Crippen LogP contribution >= 0.6 is 22.9 Å². The minimum atomic E-state index is -3.70. The van der Waals surface area contributed by atoms with Crippen molar-refractivity contribution in [1.29, 1.82) is 0 Å². The highest BCUT2D eigenvalue weighted by Crippen LogP contribution is 2.28. The van der Waals surface area contributed by atoms with Crippen molar-refractivity contribution in [3.8, 4) is 16.3 Å². The van der Waals surface area contributed by atoms with E-state index in [-0.39, 0.29) is 5.13 Å². The quantitative estimate of drug-likeness (QED) is 0.590. The van der Waals surface area contributed by atoms with Gasteiger partial charge in [-0.15, -0.1) is 10.2 Å². The highest BCUT2D eigenvalue weighted by atomic mass is 35.5. The summed E-state index contributed by atoms with van der Waals surface area (Å²) in [5, 5.41) is 12.0. The number of anilines is 2. The number of methoxy groups -OCH3 is 1. The molecule has 1 heterocycles. The third-order valence-electron chi connectivity index (χ3n) is 3.79. The number of hydrogen-bond acceptors (Lipinski definition) is 7. The predicted molar refractivity (Wildman–Crippen MR) is 114 cm³/mol. The summed E-state index contributed by atoms with van der Waals surface area (Å²) in [5.74, 6) is -0.0645. The first kappa shape index (κ1) is 21.0. The van der Waals surface area contributed by atoms with Gasteiger partial charge in [0.25, 0.3) is 0 Å². The smallest absolute Gasteiger partial charge is 0.246 e. The van der Waals surface area contributed by atoms with E-state index in [9.17, 15) is 13.2 Å². The van der Waals surface area contributed by atoms with Crippen LogP contribution in [0.3, 0.4) is 0 Å². The summed E-state index contributed by atoms with van der Waals surface area (Å²) in [6, 6.07) is 13.5. The maximum atomic E-state index is 12.5. The molecule has 2 aromatic carbocycles. The van der Waals surface area contributed by atoms with Crippen molar-refractivity contribution < 1.29 is 17.9 Å². The number of ether oxygens (including phenoxy) is 1. The lowest BCUT2D eigenvalue weighted by molar-refractivity contribution is -0.114. The molecule has 3 rings (SSSR count). The standard InChI is InChI=1S/C18H17ClN4O4S2/c1-27-15-5-3-4-14(10-15)23(29(2,25)26)11-16(24)20-18-22-21-17(28-18)12-6-8-13(19)9-7-12/h3-10H,11H2,1-2H3,(H,20,22,24). The first-order valence-electron chi connectivity index (χ1n) is 8.27. The number of nitrogens with one attached hydrogen (secondary N) is 1. The summed E-state index contributed by atoms with van der Waals surface area (Å²) >= 11 is 7.05. The molecule has 1 N–H and O–H groups in total. The van der Waals surface area contributed by atoms with Gasteiger partial charge in [-0.1, -0.05) is 41.1 Å². The molecule has 0 aliphatic rings. The van der Waals surface area contributed by atoms with Crippen molar-refractivity contribution >= 4 is 49.7 Å². The van der Waals surface area contributed by atoms with E-state index in [0.717, 1.165) is 16.1 Å². The lowest BCUT2D eigenvalue weighted by atomic mass is 10.2. The van der Waals surface area contributed by atoms with Gasteiger partial charge < -0.3 is 4.74 Å². The molecule has 0 atom stereocenters. The molecule has 11 heteroatoms. The molecule has 152 valence electrons. The van der Waals surface area contributed by atoms with Gasteiger partial charge in [0.1, 0.15) is 17.3 Å². The fraction of sp³-hybridized carbons (Fsp3) is 0.167. The number of halogens is 1. The van der Waals surface area contributed by atoms with Crippen molar-refractivity contribution in [2.75, 3.05) is 29.5 Å². The Morgan fingerprint density at radius 2 is 1.93 bits per heavy atom. The number of amides is 1. The van der Waals surface area contributed by atoms with Gasteiger partial charge in [0.15, 0.2) is 0 Å². The van der Waals surface area contributed by atoms with E-state index in [1.807, 2.05) is 0 Å². The van der Waals surface area contributed by atoms with Gasteiger partial charge in [0, 0.05) is 16.7 Å². The highest BCUT2D eigenvalue weighted by molar-refractivity contribution is 7.92. The van der Waals surface area contributed by atoms with Crippen LogP contribution in [0.5, 0.6) is 5.75 Å². The number of benzene rings is 2. The number of carbonyl (C=O) groups is 1. The third-order valence-corrected chi connectivity index (χ3v) is 6.07. The van der Waals surface area contributed by atoms with Gasteiger partial charge in [-0.3, -0.25) is 14.4 Å². The Balaban J connectivity index is 1.75. The van der Waals surface area contributed by atoms with E-state index in [1.54, 1.807) is 42.5 Å². The van der Waals surface area contributed by atoms with E-state index in [4.69, 9.17) is 16.3 Å². The molecule has 0 fully saturated rings. The van der Waals surface area contributed by atoms with Gasteiger partial charge in [-0.25, -0.2) is 8.42 Å². The molecule has 0 aliphatic carbocycles. The molecular weight excluding hydrogens is 436 g/mol. The molecule has 0 radical (unpaired) electrons. The lowest BCUT2D eigenvalue weighted by Gasteiger charge is -2.21. The minimum Gasteiger partial charge on any atom is -0.497 e. The fourth-order valence-corrected chi connectivity index (χ4v) is 4.18. The third kappa shape index (κ3) is 5.43. The maximum absolute atomic E-state index is 12.5. The van der Waals surface area contributed by atoms with E-state index in [2.05, 4.69) is 15.5 Å². The van der Waals surface area contributed by atoms with Gasteiger partial charge in [0.05, 0.1) is 19.1 Å². The van der Waals surface area contributed by atoms with E-state index in [0.29, 0.717) is 21.5 Å². The van der Waals surface area contributed by atoms with Crippen LogP contribution in [0.15, 0.2) is 48.5 Å². The van der Waals surface area contributed by atoms with Crippen molar-refractivity contribution in [3.63, 3.8) is 0 Å².